The minimum Gasteiger partial charge on any atom is -0.465 e. The summed E-state index contributed by atoms with van der Waals surface area (Å²) in [5.74, 6) is 1.64. The molecule has 1 aromatic carbocycles. The van der Waals surface area contributed by atoms with Crippen LogP contribution in [0.15, 0.2) is 40.8 Å². The first-order valence-corrected chi connectivity index (χ1v) is 8.95. The molecule has 2 aromatic rings. The largest absolute Gasteiger partial charge is 0.465 e. The van der Waals surface area contributed by atoms with E-state index in [0.717, 1.165) is 35.7 Å². The van der Waals surface area contributed by atoms with Gasteiger partial charge in [0, 0.05) is 6.54 Å². The van der Waals surface area contributed by atoms with Crippen molar-refractivity contribution in [3.63, 3.8) is 0 Å². The number of carbonyl (C=O) groups excluding carboxylic acids is 1. The van der Waals surface area contributed by atoms with Crippen molar-refractivity contribution in [1.29, 1.82) is 0 Å². The summed E-state index contributed by atoms with van der Waals surface area (Å²) in [5, 5.41) is 3.01. The fourth-order valence-electron chi connectivity index (χ4n) is 3.33. The zero-order valence-electron chi connectivity index (χ0n) is 15.0. The Bertz CT molecular complexity index is 702. The summed E-state index contributed by atoms with van der Waals surface area (Å²) >= 11 is 0. The fourth-order valence-corrected chi connectivity index (χ4v) is 3.33. The second-order valence-corrected chi connectivity index (χ2v) is 6.84. The van der Waals surface area contributed by atoms with E-state index in [0.29, 0.717) is 6.54 Å². The van der Waals surface area contributed by atoms with Gasteiger partial charge in [-0.3, -0.25) is 9.69 Å². The highest BCUT2D eigenvalue weighted by Crippen LogP contribution is 2.26. The first-order chi connectivity index (χ1) is 12.0. The lowest BCUT2D eigenvalue weighted by Crippen LogP contribution is -2.40. The van der Waals surface area contributed by atoms with Crippen molar-refractivity contribution >= 4 is 5.91 Å². The lowest BCUT2D eigenvalue weighted by Gasteiger charge is -2.26. The summed E-state index contributed by atoms with van der Waals surface area (Å²) in [5.41, 5.74) is 8.10. The van der Waals surface area contributed by atoms with Crippen LogP contribution >= 0.6 is 0 Å². The Morgan fingerprint density at radius 2 is 1.84 bits per heavy atom. The number of aryl methyl sites for hydroxylation is 2. The molecule has 0 radical (unpaired) electrons. The number of likely N-dealkylation sites (tertiary alicyclic amines) is 1. The van der Waals surface area contributed by atoms with Gasteiger partial charge in [-0.05, 0) is 57.5 Å². The normalized spacial score (nSPS) is 17.4. The van der Waals surface area contributed by atoms with E-state index < -0.39 is 6.04 Å². The predicted octanol–water partition coefficient (Wildman–Crippen LogP) is 2.85. The number of benzene rings is 1. The number of nitrogens with two attached hydrogens (primary N) is 1. The van der Waals surface area contributed by atoms with E-state index >= 15 is 0 Å². The third kappa shape index (κ3) is 4.30. The van der Waals surface area contributed by atoms with Crippen molar-refractivity contribution in [1.82, 2.24) is 10.2 Å². The first kappa shape index (κ1) is 17.7. The maximum atomic E-state index is 12.5. The first-order valence-electron chi connectivity index (χ1n) is 8.95. The van der Waals surface area contributed by atoms with Gasteiger partial charge < -0.3 is 15.5 Å². The zero-order valence-corrected chi connectivity index (χ0v) is 15.0. The highest BCUT2D eigenvalue weighted by Gasteiger charge is 2.27. The van der Waals surface area contributed by atoms with Gasteiger partial charge in [-0.25, -0.2) is 0 Å². The van der Waals surface area contributed by atoms with E-state index in [-0.39, 0.29) is 11.9 Å². The summed E-state index contributed by atoms with van der Waals surface area (Å²) in [6, 6.07) is 11.1. The number of carbonyl (C=O) groups is 1. The van der Waals surface area contributed by atoms with Gasteiger partial charge in [0.2, 0.25) is 5.91 Å². The highest BCUT2D eigenvalue weighted by atomic mass is 16.3. The molecule has 3 rings (SSSR count). The van der Waals surface area contributed by atoms with Crippen LogP contribution in [0.25, 0.3) is 0 Å². The molecule has 2 unspecified atom stereocenters. The molecule has 1 aliphatic heterocycles. The molecule has 1 aliphatic rings. The fraction of sp³-hybridized carbons (Fsp3) is 0.450. The van der Waals surface area contributed by atoms with Crippen LogP contribution in [0.5, 0.6) is 0 Å². The van der Waals surface area contributed by atoms with Gasteiger partial charge in [0.25, 0.3) is 0 Å². The van der Waals surface area contributed by atoms with E-state index in [2.05, 4.69) is 10.2 Å². The van der Waals surface area contributed by atoms with Crippen molar-refractivity contribution in [2.24, 2.45) is 5.73 Å². The Labute approximate surface area is 149 Å². The van der Waals surface area contributed by atoms with E-state index in [4.69, 9.17) is 10.2 Å². The van der Waals surface area contributed by atoms with Gasteiger partial charge in [-0.1, -0.05) is 29.8 Å². The Morgan fingerprint density at radius 3 is 2.44 bits per heavy atom. The topological polar surface area (TPSA) is 71.5 Å². The second kappa shape index (κ2) is 7.85. The standard InChI is InChI=1S/C20H27N3O2/c1-14-5-8-16(9-6-14)19(21)20(24)22-13-17(23-11-3-4-12-23)18-10-7-15(2)25-18/h5-10,17,19H,3-4,11-13,21H2,1-2H3,(H,22,24). The molecule has 2 heterocycles. The SMILES string of the molecule is Cc1ccc(C(N)C(=O)NCC(c2ccc(C)o2)N2CCCC2)cc1. The van der Waals surface area contributed by atoms with Gasteiger partial charge in [-0.2, -0.15) is 0 Å². The molecule has 5 heteroatoms. The number of rotatable bonds is 6. The molecule has 1 saturated heterocycles. The summed E-state index contributed by atoms with van der Waals surface area (Å²) in [6.07, 6.45) is 2.38. The molecule has 5 nitrogen and oxygen atoms in total. The Morgan fingerprint density at radius 1 is 1.16 bits per heavy atom. The third-order valence-corrected chi connectivity index (χ3v) is 4.86. The number of nitrogens with one attached hydrogen (secondary N) is 1. The molecular formula is C20H27N3O2. The molecule has 1 amide bonds. The lowest BCUT2D eigenvalue weighted by atomic mass is 10.1. The van der Waals surface area contributed by atoms with Gasteiger partial charge in [0.1, 0.15) is 17.6 Å². The van der Waals surface area contributed by atoms with E-state index in [9.17, 15) is 4.79 Å². The summed E-state index contributed by atoms with van der Waals surface area (Å²) in [6.45, 7) is 6.53. The van der Waals surface area contributed by atoms with Crippen molar-refractivity contribution in [2.45, 2.75) is 38.8 Å². The molecule has 1 aromatic heterocycles. The van der Waals surface area contributed by atoms with Crippen LogP contribution in [0, 0.1) is 13.8 Å². The molecule has 25 heavy (non-hydrogen) atoms. The summed E-state index contributed by atoms with van der Waals surface area (Å²) < 4.78 is 5.82. The van der Waals surface area contributed by atoms with Crippen molar-refractivity contribution in [3.05, 3.63) is 59.0 Å². The zero-order chi connectivity index (χ0) is 17.8. The van der Waals surface area contributed by atoms with Crippen LogP contribution in [0.1, 0.15) is 47.6 Å². The lowest BCUT2D eigenvalue weighted by molar-refractivity contribution is -0.122. The van der Waals surface area contributed by atoms with E-state index in [1.165, 1.54) is 12.8 Å². The number of nitrogens with zero attached hydrogens (tertiary/aromatic N) is 1. The molecule has 3 N–H and O–H groups in total. The quantitative estimate of drug-likeness (QED) is 0.847. The van der Waals surface area contributed by atoms with Crippen LogP contribution in [0.3, 0.4) is 0 Å². The maximum Gasteiger partial charge on any atom is 0.241 e. The van der Waals surface area contributed by atoms with Crippen molar-refractivity contribution in [3.8, 4) is 0 Å². The Kier molecular flexibility index (Phi) is 5.56. The van der Waals surface area contributed by atoms with Gasteiger partial charge >= 0.3 is 0 Å². The molecule has 0 saturated carbocycles. The minimum atomic E-state index is -0.654. The van der Waals surface area contributed by atoms with Gasteiger partial charge in [0.15, 0.2) is 0 Å². The summed E-state index contributed by atoms with van der Waals surface area (Å²) in [7, 11) is 0. The average molecular weight is 341 g/mol. The molecule has 2 atom stereocenters. The third-order valence-electron chi connectivity index (χ3n) is 4.86. The van der Waals surface area contributed by atoms with Crippen LogP contribution in [-0.4, -0.2) is 30.4 Å². The molecule has 134 valence electrons. The monoisotopic (exact) mass is 341 g/mol. The molecule has 0 bridgehead atoms. The summed E-state index contributed by atoms with van der Waals surface area (Å²) in [4.78, 5) is 14.9. The Hall–Kier alpha value is -2.11. The van der Waals surface area contributed by atoms with Crippen molar-refractivity contribution < 1.29 is 9.21 Å². The second-order valence-electron chi connectivity index (χ2n) is 6.84. The van der Waals surface area contributed by atoms with E-state index in [1.807, 2.05) is 50.2 Å². The van der Waals surface area contributed by atoms with Crippen LogP contribution < -0.4 is 11.1 Å². The number of amides is 1. The number of furan rings is 1. The maximum absolute atomic E-state index is 12.5. The van der Waals surface area contributed by atoms with Crippen LogP contribution in [0.4, 0.5) is 0 Å². The Balaban J connectivity index is 1.65. The highest BCUT2D eigenvalue weighted by molar-refractivity contribution is 5.82. The molecule has 1 fully saturated rings. The number of hydrogen-bond donors (Lipinski definition) is 2. The number of hydrogen-bond acceptors (Lipinski definition) is 4. The predicted molar refractivity (Wildman–Crippen MR) is 98.1 cm³/mol. The van der Waals surface area contributed by atoms with Gasteiger partial charge in [-0.15, -0.1) is 0 Å². The average Bonchev–Trinajstić information content (AvgIpc) is 3.27. The molecule has 0 spiro atoms. The smallest absolute Gasteiger partial charge is 0.241 e. The molecule has 0 aliphatic carbocycles. The minimum absolute atomic E-state index is 0.0605. The van der Waals surface area contributed by atoms with Gasteiger partial charge in [0.05, 0.1) is 6.04 Å². The van der Waals surface area contributed by atoms with E-state index in [1.54, 1.807) is 0 Å². The van der Waals surface area contributed by atoms with Crippen molar-refractivity contribution in [2.75, 3.05) is 19.6 Å². The molecular weight excluding hydrogens is 314 g/mol. The van der Waals surface area contributed by atoms with Crippen LogP contribution in [0.2, 0.25) is 0 Å². The van der Waals surface area contributed by atoms with Crippen LogP contribution in [-0.2, 0) is 4.79 Å².